The van der Waals surface area contributed by atoms with Crippen LogP contribution in [0, 0.1) is 11.3 Å². The molecular formula is C26H26N6OS2. The molecule has 0 bridgehead atoms. The molecule has 0 unspecified atom stereocenters. The maximum Gasteiger partial charge on any atom is 0.227 e. The van der Waals surface area contributed by atoms with Crippen molar-refractivity contribution >= 4 is 34.7 Å². The first kappa shape index (κ1) is 24.7. The molecule has 0 spiro atoms. The Morgan fingerprint density at radius 1 is 1.17 bits per heavy atom. The molecule has 1 N–H and O–H groups in total. The van der Waals surface area contributed by atoms with Gasteiger partial charge in [0.05, 0.1) is 27.0 Å². The molecule has 0 aliphatic carbocycles. The minimum absolute atomic E-state index is 0.474. The van der Waals surface area contributed by atoms with E-state index < -0.39 is 0 Å². The second-order valence-electron chi connectivity index (χ2n) is 7.95. The van der Waals surface area contributed by atoms with Crippen LogP contribution in [-0.4, -0.2) is 53.4 Å². The fourth-order valence-corrected chi connectivity index (χ4v) is 5.44. The van der Waals surface area contributed by atoms with Crippen LogP contribution in [0.5, 0.6) is 5.75 Å². The smallest absolute Gasteiger partial charge is 0.227 e. The molecule has 178 valence electrons. The van der Waals surface area contributed by atoms with Gasteiger partial charge in [0, 0.05) is 48.0 Å². The summed E-state index contributed by atoms with van der Waals surface area (Å²) in [6.07, 6.45) is 8.17. The fraction of sp³-hybridized carbons (Fsp3) is 0.231. The van der Waals surface area contributed by atoms with Crippen LogP contribution in [0.1, 0.15) is 12.0 Å². The first-order chi connectivity index (χ1) is 17.1. The Labute approximate surface area is 213 Å². The SMILES string of the molecule is CSc1sc(-c2ccnc(Nc3cccc(OCCCN(C)C)c3)n2)c(-c2cccnc2)c1C#N. The van der Waals surface area contributed by atoms with Crippen molar-refractivity contribution in [2.24, 2.45) is 0 Å². The van der Waals surface area contributed by atoms with Crippen molar-refractivity contribution in [2.75, 3.05) is 38.8 Å². The van der Waals surface area contributed by atoms with Crippen molar-refractivity contribution in [1.29, 1.82) is 5.26 Å². The molecule has 3 heterocycles. The number of thioether (sulfide) groups is 1. The van der Waals surface area contributed by atoms with Gasteiger partial charge in [-0.1, -0.05) is 12.1 Å². The monoisotopic (exact) mass is 502 g/mol. The summed E-state index contributed by atoms with van der Waals surface area (Å²) in [5.74, 6) is 1.27. The van der Waals surface area contributed by atoms with Gasteiger partial charge in [-0.15, -0.1) is 23.1 Å². The summed E-state index contributed by atoms with van der Waals surface area (Å²) in [7, 11) is 4.11. The van der Waals surface area contributed by atoms with Crippen molar-refractivity contribution in [3.05, 3.63) is 66.6 Å². The molecule has 9 heteroatoms. The Morgan fingerprint density at radius 3 is 2.80 bits per heavy atom. The third-order valence-corrected chi connectivity index (χ3v) is 7.45. The number of pyridine rings is 1. The molecule has 1 aromatic carbocycles. The van der Waals surface area contributed by atoms with E-state index in [0.717, 1.165) is 50.3 Å². The standard InChI is InChI=1S/C26H26N6OS2/c1-32(2)13-6-14-33-20-9-4-8-19(15-20)30-26-29-12-10-22(31-26)24-23(18-7-5-11-28-17-18)21(16-27)25(34-3)35-24/h4-5,7-12,15,17H,6,13-14H2,1-3H3,(H,29,30,31). The van der Waals surface area contributed by atoms with Crippen LogP contribution in [0.25, 0.3) is 21.7 Å². The fourth-order valence-electron chi connectivity index (χ4n) is 3.53. The predicted molar refractivity (Wildman–Crippen MR) is 143 cm³/mol. The summed E-state index contributed by atoms with van der Waals surface area (Å²) in [5, 5.41) is 13.2. The number of aromatic nitrogens is 3. The second kappa shape index (κ2) is 11.8. The number of nitrogens with zero attached hydrogens (tertiary/aromatic N) is 5. The molecule has 4 rings (SSSR count). The zero-order valence-electron chi connectivity index (χ0n) is 19.9. The molecule has 0 saturated heterocycles. The topological polar surface area (TPSA) is 87.0 Å². The van der Waals surface area contributed by atoms with E-state index in [0.29, 0.717) is 18.1 Å². The predicted octanol–water partition coefficient (Wildman–Crippen LogP) is 5.93. The van der Waals surface area contributed by atoms with Gasteiger partial charge in [0.25, 0.3) is 0 Å². The lowest BCUT2D eigenvalue weighted by molar-refractivity contribution is 0.281. The highest BCUT2D eigenvalue weighted by atomic mass is 32.2. The number of hydrogen-bond acceptors (Lipinski definition) is 9. The molecule has 35 heavy (non-hydrogen) atoms. The van der Waals surface area contributed by atoms with Crippen molar-refractivity contribution in [1.82, 2.24) is 19.9 Å². The molecule has 0 fully saturated rings. The van der Waals surface area contributed by atoms with Crippen LogP contribution in [-0.2, 0) is 0 Å². The van der Waals surface area contributed by atoms with Crippen LogP contribution in [0.2, 0.25) is 0 Å². The highest BCUT2D eigenvalue weighted by molar-refractivity contribution is 8.00. The van der Waals surface area contributed by atoms with Crippen molar-refractivity contribution < 1.29 is 4.74 Å². The van der Waals surface area contributed by atoms with Crippen LogP contribution >= 0.6 is 23.1 Å². The molecule has 4 aromatic rings. The van der Waals surface area contributed by atoms with Gasteiger partial charge in [0.15, 0.2) is 0 Å². The Kier molecular flexibility index (Phi) is 8.32. The van der Waals surface area contributed by atoms with Gasteiger partial charge in [-0.2, -0.15) is 5.26 Å². The Morgan fingerprint density at radius 2 is 2.06 bits per heavy atom. The molecule has 3 aromatic heterocycles. The first-order valence-corrected chi connectivity index (χ1v) is 13.1. The average molecular weight is 503 g/mol. The third kappa shape index (κ3) is 6.17. The van der Waals surface area contributed by atoms with Gasteiger partial charge in [0.2, 0.25) is 5.95 Å². The maximum absolute atomic E-state index is 9.90. The Balaban J connectivity index is 1.60. The molecular weight excluding hydrogens is 476 g/mol. The zero-order chi connectivity index (χ0) is 24.6. The van der Waals surface area contributed by atoms with E-state index in [-0.39, 0.29) is 0 Å². The lowest BCUT2D eigenvalue weighted by Crippen LogP contribution is -2.15. The van der Waals surface area contributed by atoms with Gasteiger partial charge >= 0.3 is 0 Å². The number of thiophene rings is 1. The lowest BCUT2D eigenvalue weighted by Gasteiger charge is -2.12. The summed E-state index contributed by atoms with van der Waals surface area (Å²) < 4.78 is 6.84. The molecule has 0 aliphatic rings. The second-order valence-corrected chi connectivity index (χ2v) is 10.0. The normalized spacial score (nSPS) is 10.8. The molecule has 0 radical (unpaired) electrons. The summed E-state index contributed by atoms with van der Waals surface area (Å²) in [6, 6.07) is 15.9. The van der Waals surface area contributed by atoms with Gasteiger partial charge < -0.3 is 15.0 Å². The highest BCUT2D eigenvalue weighted by Gasteiger charge is 2.22. The summed E-state index contributed by atoms with van der Waals surface area (Å²) in [4.78, 5) is 16.5. The minimum Gasteiger partial charge on any atom is -0.493 e. The lowest BCUT2D eigenvalue weighted by atomic mass is 10.0. The number of anilines is 2. The largest absolute Gasteiger partial charge is 0.493 e. The van der Waals surface area contributed by atoms with Crippen molar-refractivity contribution in [2.45, 2.75) is 10.6 Å². The van der Waals surface area contributed by atoms with Crippen LogP contribution in [0.3, 0.4) is 0 Å². The molecule has 0 aliphatic heterocycles. The van der Waals surface area contributed by atoms with Gasteiger partial charge in [-0.3, -0.25) is 4.98 Å². The number of nitriles is 1. The summed E-state index contributed by atoms with van der Waals surface area (Å²) in [5.41, 5.74) is 3.99. The van der Waals surface area contributed by atoms with E-state index in [1.54, 1.807) is 41.7 Å². The quantitative estimate of drug-likeness (QED) is 0.211. The number of rotatable bonds is 10. The van der Waals surface area contributed by atoms with E-state index in [1.807, 2.05) is 48.7 Å². The number of hydrogen-bond donors (Lipinski definition) is 1. The van der Waals surface area contributed by atoms with Gasteiger partial charge in [-0.25, -0.2) is 9.97 Å². The van der Waals surface area contributed by atoms with Crippen molar-refractivity contribution in [3.63, 3.8) is 0 Å². The molecule has 0 amide bonds. The van der Waals surface area contributed by atoms with E-state index in [2.05, 4.69) is 40.3 Å². The van der Waals surface area contributed by atoms with Crippen LogP contribution < -0.4 is 10.1 Å². The first-order valence-electron chi connectivity index (χ1n) is 11.1. The molecule has 7 nitrogen and oxygen atoms in total. The average Bonchev–Trinajstić information content (AvgIpc) is 3.26. The van der Waals surface area contributed by atoms with E-state index in [9.17, 15) is 5.26 Å². The summed E-state index contributed by atoms with van der Waals surface area (Å²) >= 11 is 3.12. The van der Waals surface area contributed by atoms with E-state index >= 15 is 0 Å². The molecule has 0 saturated carbocycles. The number of benzene rings is 1. The third-order valence-electron chi connectivity index (χ3n) is 5.12. The maximum atomic E-state index is 9.90. The highest BCUT2D eigenvalue weighted by Crippen LogP contribution is 2.45. The number of nitrogens with one attached hydrogen (secondary N) is 1. The zero-order valence-corrected chi connectivity index (χ0v) is 21.5. The Bertz CT molecular complexity index is 1320. The van der Waals surface area contributed by atoms with Gasteiger partial charge in [-0.05, 0) is 51.0 Å². The molecule has 0 atom stereocenters. The number of ether oxygens (including phenoxy) is 1. The van der Waals surface area contributed by atoms with Crippen molar-refractivity contribution in [3.8, 4) is 33.5 Å². The Hall–Kier alpha value is -3.45. The van der Waals surface area contributed by atoms with Gasteiger partial charge in [0.1, 0.15) is 11.8 Å². The minimum atomic E-state index is 0.474. The van der Waals surface area contributed by atoms with Crippen LogP contribution in [0.15, 0.2) is 65.3 Å². The summed E-state index contributed by atoms with van der Waals surface area (Å²) in [6.45, 7) is 1.64. The van der Waals surface area contributed by atoms with E-state index in [1.165, 1.54) is 0 Å². The van der Waals surface area contributed by atoms with E-state index in [4.69, 9.17) is 9.72 Å². The van der Waals surface area contributed by atoms with Crippen LogP contribution in [0.4, 0.5) is 11.6 Å².